The van der Waals surface area contributed by atoms with Gasteiger partial charge in [-0.15, -0.1) is 0 Å². The lowest BCUT2D eigenvalue weighted by Gasteiger charge is -2.26. The van der Waals surface area contributed by atoms with Crippen LogP contribution in [0.25, 0.3) is 0 Å². The van der Waals surface area contributed by atoms with Crippen LogP contribution in [0.4, 0.5) is 4.79 Å². The first-order valence-electron chi connectivity index (χ1n) is 6.55. The lowest BCUT2D eigenvalue weighted by Crippen LogP contribution is -2.48. The third-order valence-corrected chi connectivity index (χ3v) is 3.19. The number of carbonyl (C=O) groups excluding carboxylic acids is 1. The normalized spacial score (nSPS) is 31.1. The van der Waals surface area contributed by atoms with Gasteiger partial charge in [0.15, 0.2) is 6.29 Å². The molecule has 8 nitrogen and oxygen atoms in total. The largest absolute Gasteiger partial charge is 0.385 e. The van der Waals surface area contributed by atoms with Gasteiger partial charge in [-0.3, -0.25) is 0 Å². The molecule has 1 aliphatic heterocycles. The smallest absolute Gasteiger partial charge is 0.314 e. The minimum atomic E-state index is -0.900. The highest BCUT2D eigenvalue weighted by Gasteiger charge is 2.48. The number of aliphatic hydroxyl groups excluding tert-OH is 1. The fourth-order valence-electron chi connectivity index (χ4n) is 2.15. The van der Waals surface area contributed by atoms with Crippen molar-refractivity contribution in [1.82, 2.24) is 10.6 Å². The van der Waals surface area contributed by atoms with E-state index in [4.69, 9.17) is 18.9 Å². The van der Waals surface area contributed by atoms with Crippen molar-refractivity contribution in [3.8, 4) is 0 Å². The molecule has 0 spiro atoms. The van der Waals surface area contributed by atoms with E-state index in [1.165, 1.54) is 21.3 Å². The number of rotatable bonds is 7. The first kappa shape index (κ1) is 17.1. The maximum atomic E-state index is 11.2. The number of carbonyl (C=O) groups is 1. The molecule has 1 rings (SSSR count). The molecule has 20 heavy (non-hydrogen) atoms. The van der Waals surface area contributed by atoms with E-state index in [9.17, 15) is 9.90 Å². The van der Waals surface area contributed by atoms with E-state index >= 15 is 0 Å². The second-order valence-corrected chi connectivity index (χ2v) is 4.35. The summed E-state index contributed by atoms with van der Waals surface area (Å²) in [5.74, 6) is 0. The summed E-state index contributed by atoms with van der Waals surface area (Å²) in [6.07, 6.45) is -3.23. The number of aliphatic hydroxyl groups is 1. The van der Waals surface area contributed by atoms with Crippen molar-refractivity contribution in [1.29, 1.82) is 0 Å². The molecule has 3 N–H and O–H groups in total. The number of urea groups is 1. The van der Waals surface area contributed by atoms with E-state index in [1.54, 1.807) is 0 Å². The Hall–Kier alpha value is -0.930. The molecule has 8 heteroatoms. The molecule has 1 fully saturated rings. The van der Waals surface area contributed by atoms with Gasteiger partial charge in [0, 0.05) is 34.4 Å². The average Bonchev–Trinajstić information content (AvgIpc) is 2.76. The Balaban J connectivity index is 2.67. The van der Waals surface area contributed by atoms with Gasteiger partial charge in [-0.05, 0) is 6.92 Å². The predicted octanol–water partition coefficient (Wildman–Crippen LogP) is -0.932. The van der Waals surface area contributed by atoms with Gasteiger partial charge >= 0.3 is 6.03 Å². The van der Waals surface area contributed by atoms with Crippen LogP contribution in [0, 0.1) is 0 Å². The first-order valence-corrected chi connectivity index (χ1v) is 6.55. The lowest BCUT2D eigenvalue weighted by molar-refractivity contribution is -0.177. The third kappa shape index (κ3) is 4.03. The summed E-state index contributed by atoms with van der Waals surface area (Å²) in [5, 5.41) is 15.2. The Labute approximate surface area is 118 Å². The highest BCUT2D eigenvalue weighted by molar-refractivity contribution is 5.73. The second-order valence-electron chi connectivity index (χ2n) is 4.35. The molecule has 0 aromatic carbocycles. The van der Waals surface area contributed by atoms with Crippen LogP contribution in [0.5, 0.6) is 0 Å². The van der Waals surface area contributed by atoms with Crippen molar-refractivity contribution in [2.24, 2.45) is 0 Å². The molecular weight excluding hydrogens is 268 g/mol. The predicted molar refractivity (Wildman–Crippen MR) is 70.3 cm³/mol. The Kier molecular flexibility index (Phi) is 7.17. The number of hydrogen-bond donors (Lipinski definition) is 3. The van der Waals surface area contributed by atoms with Gasteiger partial charge in [0.05, 0.1) is 0 Å². The molecule has 0 radical (unpaired) electrons. The zero-order chi connectivity index (χ0) is 15.1. The molecule has 118 valence electrons. The highest BCUT2D eigenvalue weighted by Crippen LogP contribution is 2.27. The van der Waals surface area contributed by atoms with Gasteiger partial charge in [0.25, 0.3) is 0 Å². The van der Waals surface area contributed by atoms with Crippen molar-refractivity contribution < 1.29 is 28.8 Å². The third-order valence-electron chi connectivity index (χ3n) is 3.19. The summed E-state index contributed by atoms with van der Waals surface area (Å²) in [4.78, 5) is 11.2. The minimum absolute atomic E-state index is 0.228. The summed E-state index contributed by atoms with van der Waals surface area (Å²) in [6.45, 7) is 2.46. The van der Waals surface area contributed by atoms with Crippen LogP contribution in [0.1, 0.15) is 6.92 Å². The SMILES string of the molecule is CCO[C@@H]1O[C@H]([C@@H](CNC(=O)NC)OC)[C@H](OC)[C@H]1O. The highest BCUT2D eigenvalue weighted by atomic mass is 16.7. The summed E-state index contributed by atoms with van der Waals surface area (Å²) in [5.41, 5.74) is 0. The fraction of sp³-hybridized carbons (Fsp3) is 0.917. The quantitative estimate of drug-likeness (QED) is 0.561. The monoisotopic (exact) mass is 292 g/mol. The molecule has 0 aliphatic carbocycles. The van der Waals surface area contributed by atoms with Crippen LogP contribution in [0.2, 0.25) is 0 Å². The Morgan fingerprint density at radius 3 is 2.65 bits per heavy atom. The topological polar surface area (TPSA) is 98.3 Å². The van der Waals surface area contributed by atoms with Crippen molar-refractivity contribution in [2.45, 2.75) is 37.6 Å². The Morgan fingerprint density at radius 2 is 2.15 bits per heavy atom. The number of amides is 2. The summed E-state index contributed by atoms with van der Waals surface area (Å²) < 4.78 is 21.5. The van der Waals surface area contributed by atoms with Crippen molar-refractivity contribution in [3.05, 3.63) is 0 Å². The molecule has 2 amide bonds. The maximum absolute atomic E-state index is 11.2. The van der Waals surface area contributed by atoms with Crippen LogP contribution in [-0.4, -0.2) is 76.3 Å². The van der Waals surface area contributed by atoms with Crippen LogP contribution < -0.4 is 10.6 Å². The summed E-state index contributed by atoms with van der Waals surface area (Å²) >= 11 is 0. The summed E-state index contributed by atoms with van der Waals surface area (Å²) in [6, 6.07) is -0.319. The van der Waals surface area contributed by atoms with Gasteiger partial charge < -0.3 is 34.7 Å². The van der Waals surface area contributed by atoms with E-state index in [2.05, 4.69) is 10.6 Å². The molecule has 0 aromatic heterocycles. The minimum Gasteiger partial charge on any atom is -0.385 e. The van der Waals surface area contributed by atoms with E-state index < -0.39 is 30.7 Å². The average molecular weight is 292 g/mol. The van der Waals surface area contributed by atoms with Crippen molar-refractivity contribution in [2.75, 3.05) is 34.4 Å². The van der Waals surface area contributed by atoms with Crippen LogP contribution in [0.15, 0.2) is 0 Å². The Morgan fingerprint density at radius 1 is 1.45 bits per heavy atom. The number of nitrogens with one attached hydrogen (secondary N) is 2. The standard InChI is InChI=1S/C12H24N2O6/c1-5-19-11-8(15)10(18-4)9(20-11)7(17-3)6-14-12(16)13-2/h7-11,15H,5-6H2,1-4H3,(H2,13,14,16)/t7-,8-,9-,10-,11-/m1/s1. The Bertz CT molecular complexity index is 304. The fourth-order valence-corrected chi connectivity index (χ4v) is 2.15. The molecule has 0 aromatic rings. The van der Waals surface area contributed by atoms with E-state index in [0.29, 0.717) is 6.61 Å². The lowest BCUT2D eigenvalue weighted by atomic mass is 10.1. The zero-order valence-corrected chi connectivity index (χ0v) is 12.3. The van der Waals surface area contributed by atoms with Crippen LogP contribution in [0.3, 0.4) is 0 Å². The second kappa shape index (κ2) is 8.38. The van der Waals surface area contributed by atoms with Gasteiger partial charge in [0.2, 0.25) is 0 Å². The molecule has 5 atom stereocenters. The van der Waals surface area contributed by atoms with E-state index in [0.717, 1.165) is 0 Å². The molecule has 0 unspecified atom stereocenters. The van der Waals surface area contributed by atoms with Gasteiger partial charge in [-0.1, -0.05) is 0 Å². The zero-order valence-electron chi connectivity index (χ0n) is 12.3. The van der Waals surface area contributed by atoms with Gasteiger partial charge in [0.1, 0.15) is 24.4 Å². The molecule has 1 saturated heterocycles. The van der Waals surface area contributed by atoms with Crippen molar-refractivity contribution in [3.63, 3.8) is 0 Å². The number of methoxy groups -OCH3 is 2. The number of hydrogen-bond acceptors (Lipinski definition) is 6. The number of ether oxygens (including phenoxy) is 4. The molecule has 1 heterocycles. The molecular formula is C12H24N2O6. The van der Waals surface area contributed by atoms with Gasteiger partial charge in [-0.2, -0.15) is 0 Å². The molecule has 1 aliphatic rings. The van der Waals surface area contributed by atoms with Crippen LogP contribution >= 0.6 is 0 Å². The van der Waals surface area contributed by atoms with E-state index in [1.807, 2.05) is 6.92 Å². The van der Waals surface area contributed by atoms with Crippen molar-refractivity contribution >= 4 is 6.03 Å². The molecule has 0 saturated carbocycles. The first-order chi connectivity index (χ1) is 9.58. The molecule has 0 bridgehead atoms. The van der Waals surface area contributed by atoms with Crippen LogP contribution in [-0.2, 0) is 18.9 Å². The maximum Gasteiger partial charge on any atom is 0.314 e. The summed E-state index contributed by atoms with van der Waals surface area (Å²) in [7, 11) is 4.51. The van der Waals surface area contributed by atoms with E-state index in [-0.39, 0.29) is 12.6 Å². The van der Waals surface area contributed by atoms with Gasteiger partial charge in [-0.25, -0.2) is 4.79 Å².